The number of nitrogens with zero attached hydrogens (tertiary/aromatic N) is 2. The van der Waals surface area contributed by atoms with Crippen LogP contribution in [-0.4, -0.2) is 29.1 Å². The Morgan fingerprint density at radius 2 is 1.84 bits per heavy atom. The summed E-state index contributed by atoms with van der Waals surface area (Å²) in [6, 6.07) is 19.1. The van der Waals surface area contributed by atoms with Crippen LogP contribution in [0.5, 0.6) is 11.5 Å². The highest BCUT2D eigenvalue weighted by Crippen LogP contribution is 2.35. The van der Waals surface area contributed by atoms with Crippen LogP contribution in [0.25, 0.3) is 11.3 Å². The Kier molecular flexibility index (Phi) is 5.56. The smallest absolute Gasteiger partial charge is 0.260 e. The van der Waals surface area contributed by atoms with Crippen molar-refractivity contribution in [3.63, 3.8) is 0 Å². The van der Waals surface area contributed by atoms with Crippen molar-refractivity contribution >= 4 is 34.1 Å². The number of pyridine rings is 1. The van der Waals surface area contributed by atoms with Gasteiger partial charge in [-0.3, -0.25) is 10.1 Å². The van der Waals surface area contributed by atoms with Crippen LogP contribution in [0.2, 0.25) is 0 Å². The predicted octanol–water partition coefficient (Wildman–Crippen LogP) is 5.38. The Hall–Kier alpha value is -3.36. The van der Waals surface area contributed by atoms with Gasteiger partial charge in [0.25, 0.3) is 5.91 Å². The molecule has 2 aromatic heterocycles. The molecule has 0 saturated carbocycles. The van der Waals surface area contributed by atoms with Crippen LogP contribution in [0.4, 0.5) is 5.13 Å². The quantitative estimate of drug-likeness (QED) is 0.443. The van der Waals surface area contributed by atoms with E-state index in [4.69, 9.17) is 9.47 Å². The SMILES string of the molecule is O=C(Nc1nc(-c2ccc3c(c2)OCCO3)cs1)c1cccnc1Sc1ccccc1. The van der Waals surface area contributed by atoms with Crippen LogP contribution in [0.15, 0.2) is 82.2 Å². The van der Waals surface area contributed by atoms with Crippen molar-refractivity contribution < 1.29 is 14.3 Å². The molecule has 5 rings (SSSR count). The van der Waals surface area contributed by atoms with E-state index in [1.807, 2.05) is 53.9 Å². The van der Waals surface area contributed by atoms with Gasteiger partial charge in [-0.15, -0.1) is 11.3 Å². The zero-order valence-electron chi connectivity index (χ0n) is 16.3. The zero-order valence-corrected chi connectivity index (χ0v) is 17.9. The lowest BCUT2D eigenvalue weighted by atomic mass is 10.1. The standard InChI is InChI=1S/C23H17N3O3S2/c27-21(17-7-4-10-24-22(17)31-16-5-2-1-3-6-16)26-23-25-18(14-30-23)15-8-9-19-20(13-15)29-12-11-28-19/h1-10,13-14H,11-12H2,(H,25,26,27). The summed E-state index contributed by atoms with van der Waals surface area (Å²) < 4.78 is 11.2. The van der Waals surface area contributed by atoms with Crippen LogP contribution >= 0.6 is 23.1 Å². The molecule has 0 spiro atoms. The van der Waals surface area contributed by atoms with Crippen molar-refractivity contribution in [2.24, 2.45) is 0 Å². The van der Waals surface area contributed by atoms with Crippen LogP contribution in [-0.2, 0) is 0 Å². The second-order valence-electron chi connectivity index (χ2n) is 6.62. The fourth-order valence-corrected chi connectivity index (χ4v) is 4.69. The van der Waals surface area contributed by atoms with Gasteiger partial charge < -0.3 is 9.47 Å². The lowest BCUT2D eigenvalue weighted by Crippen LogP contribution is -2.15. The van der Waals surface area contributed by atoms with E-state index in [0.717, 1.165) is 21.9 Å². The van der Waals surface area contributed by atoms with Crippen molar-refractivity contribution in [1.82, 2.24) is 9.97 Å². The number of fused-ring (bicyclic) bond motifs is 1. The molecule has 0 fully saturated rings. The molecule has 1 amide bonds. The molecule has 0 bridgehead atoms. The fourth-order valence-electron chi connectivity index (χ4n) is 3.08. The second kappa shape index (κ2) is 8.79. The molecular weight excluding hydrogens is 430 g/mol. The molecule has 1 aliphatic rings. The van der Waals surface area contributed by atoms with Gasteiger partial charge in [-0.05, 0) is 42.5 Å². The van der Waals surface area contributed by atoms with Gasteiger partial charge in [0.05, 0.1) is 11.3 Å². The number of hydrogen-bond donors (Lipinski definition) is 1. The van der Waals surface area contributed by atoms with E-state index >= 15 is 0 Å². The average molecular weight is 448 g/mol. The van der Waals surface area contributed by atoms with E-state index in [2.05, 4.69) is 15.3 Å². The third-order valence-electron chi connectivity index (χ3n) is 4.54. The van der Waals surface area contributed by atoms with E-state index in [1.165, 1.54) is 23.1 Å². The molecule has 6 nitrogen and oxygen atoms in total. The topological polar surface area (TPSA) is 73.3 Å². The van der Waals surface area contributed by atoms with E-state index in [9.17, 15) is 4.79 Å². The first-order valence-electron chi connectivity index (χ1n) is 9.61. The normalized spacial score (nSPS) is 12.4. The minimum atomic E-state index is -0.241. The summed E-state index contributed by atoms with van der Waals surface area (Å²) in [5.74, 6) is 1.20. The van der Waals surface area contributed by atoms with Crippen LogP contribution in [0.1, 0.15) is 10.4 Å². The first kappa shape index (κ1) is 19.6. The highest BCUT2D eigenvalue weighted by atomic mass is 32.2. The van der Waals surface area contributed by atoms with E-state index in [0.29, 0.717) is 34.7 Å². The molecule has 154 valence electrons. The summed E-state index contributed by atoms with van der Waals surface area (Å²) in [5.41, 5.74) is 2.18. The molecular formula is C23H17N3O3S2. The number of carbonyl (C=O) groups excluding carboxylic acids is 1. The van der Waals surface area contributed by atoms with E-state index in [-0.39, 0.29) is 5.91 Å². The Morgan fingerprint density at radius 3 is 2.71 bits per heavy atom. The van der Waals surface area contributed by atoms with Gasteiger partial charge in [0.1, 0.15) is 18.2 Å². The van der Waals surface area contributed by atoms with E-state index in [1.54, 1.807) is 18.3 Å². The minimum Gasteiger partial charge on any atom is -0.486 e. The molecule has 3 heterocycles. The largest absolute Gasteiger partial charge is 0.486 e. The number of ether oxygens (including phenoxy) is 2. The second-order valence-corrected chi connectivity index (χ2v) is 8.54. The molecule has 4 aromatic rings. The fraction of sp³-hybridized carbons (Fsp3) is 0.0870. The number of nitrogens with one attached hydrogen (secondary N) is 1. The number of aromatic nitrogens is 2. The van der Waals surface area contributed by atoms with Crippen molar-refractivity contribution in [1.29, 1.82) is 0 Å². The molecule has 1 aliphatic heterocycles. The average Bonchev–Trinajstić information content (AvgIpc) is 3.28. The number of rotatable bonds is 5. The molecule has 0 unspecified atom stereocenters. The van der Waals surface area contributed by atoms with Crippen molar-refractivity contribution in [3.8, 4) is 22.8 Å². The van der Waals surface area contributed by atoms with Gasteiger partial charge in [0.15, 0.2) is 16.6 Å². The molecule has 0 aliphatic carbocycles. The van der Waals surface area contributed by atoms with Gasteiger partial charge in [-0.1, -0.05) is 30.0 Å². The maximum Gasteiger partial charge on any atom is 0.260 e. The molecule has 31 heavy (non-hydrogen) atoms. The summed E-state index contributed by atoms with van der Waals surface area (Å²) in [6.07, 6.45) is 1.69. The molecule has 0 saturated heterocycles. The third-order valence-corrected chi connectivity index (χ3v) is 6.32. The first-order chi connectivity index (χ1) is 15.3. The van der Waals surface area contributed by atoms with Gasteiger partial charge >= 0.3 is 0 Å². The summed E-state index contributed by atoms with van der Waals surface area (Å²) in [6.45, 7) is 1.08. The van der Waals surface area contributed by atoms with Crippen molar-refractivity contribution in [2.45, 2.75) is 9.92 Å². The number of anilines is 1. The van der Waals surface area contributed by atoms with Gasteiger partial charge in [0.2, 0.25) is 0 Å². The minimum absolute atomic E-state index is 0.241. The maximum absolute atomic E-state index is 12.9. The third kappa shape index (κ3) is 4.40. The summed E-state index contributed by atoms with van der Waals surface area (Å²) in [7, 11) is 0. The monoisotopic (exact) mass is 447 g/mol. The highest BCUT2D eigenvalue weighted by molar-refractivity contribution is 7.99. The Balaban J connectivity index is 1.34. The Morgan fingerprint density at radius 1 is 1.00 bits per heavy atom. The number of thiazole rings is 1. The van der Waals surface area contributed by atoms with Gasteiger partial charge in [-0.2, -0.15) is 0 Å². The summed E-state index contributed by atoms with van der Waals surface area (Å²) >= 11 is 2.83. The Labute approximate surface area is 187 Å². The predicted molar refractivity (Wildman–Crippen MR) is 121 cm³/mol. The lowest BCUT2D eigenvalue weighted by Gasteiger charge is -2.18. The highest BCUT2D eigenvalue weighted by Gasteiger charge is 2.17. The maximum atomic E-state index is 12.9. The van der Waals surface area contributed by atoms with Gasteiger partial charge in [0, 0.05) is 22.0 Å². The van der Waals surface area contributed by atoms with Gasteiger partial charge in [-0.25, -0.2) is 9.97 Å². The number of carbonyl (C=O) groups is 1. The van der Waals surface area contributed by atoms with Crippen molar-refractivity contribution in [2.75, 3.05) is 18.5 Å². The zero-order chi connectivity index (χ0) is 21.0. The molecule has 1 N–H and O–H groups in total. The van der Waals surface area contributed by atoms with Crippen molar-refractivity contribution in [3.05, 3.63) is 77.8 Å². The number of hydrogen-bond acceptors (Lipinski definition) is 7. The van der Waals surface area contributed by atoms with Crippen LogP contribution < -0.4 is 14.8 Å². The molecule has 0 atom stereocenters. The first-order valence-corrected chi connectivity index (χ1v) is 11.3. The van der Waals surface area contributed by atoms with E-state index < -0.39 is 0 Å². The molecule has 2 aromatic carbocycles. The van der Waals surface area contributed by atoms with Crippen LogP contribution in [0, 0.1) is 0 Å². The Bertz CT molecular complexity index is 1230. The summed E-state index contributed by atoms with van der Waals surface area (Å²) in [5, 5.41) is 5.97. The van der Waals surface area contributed by atoms with Crippen LogP contribution in [0.3, 0.4) is 0 Å². The number of benzene rings is 2. The number of amides is 1. The molecule has 0 radical (unpaired) electrons. The summed E-state index contributed by atoms with van der Waals surface area (Å²) in [4.78, 5) is 22.9. The lowest BCUT2D eigenvalue weighted by molar-refractivity contribution is 0.102. The molecule has 8 heteroatoms.